The predicted molar refractivity (Wildman–Crippen MR) is 90.2 cm³/mol. The Morgan fingerprint density at radius 3 is 2.48 bits per heavy atom. The molecular weight excluding hydrogens is 316 g/mol. The van der Waals surface area contributed by atoms with Gasteiger partial charge >= 0.3 is 0 Å². The number of hydrogen-bond acceptors (Lipinski definition) is 4. The third-order valence-electron chi connectivity index (χ3n) is 3.87. The van der Waals surface area contributed by atoms with E-state index in [9.17, 15) is 4.79 Å². The average molecular weight is 337 g/mol. The molecule has 1 saturated carbocycles. The topological polar surface area (TPSA) is 77.5 Å². The lowest BCUT2D eigenvalue weighted by Crippen LogP contribution is -2.40. The molecule has 3 rings (SSSR count). The van der Waals surface area contributed by atoms with Gasteiger partial charge in [0, 0.05) is 18.2 Å². The van der Waals surface area contributed by atoms with E-state index in [1.807, 2.05) is 30.3 Å². The molecule has 1 fully saturated rings. The van der Waals surface area contributed by atoms with Gasteiger partial charge in [0.25, 0.3) is 11.9 Å². The van der Waals surface area contributed by atoms with Crippen LogP contribution in [0.5, 0.6) is 11.7 Å². The molecule has 1 aliphatic rings. The fourth-order valence-corrected chi connectivity index (χ4v) is 2.62. The van der Waals surface area contributed by atoms with Crippen LogP contribution in [-0.2, 0) is 0 Å². The van der Waals surface area contributed by atoms with Crippen molar-refractivity contribution in [3.05, 3.63) is 48.2 Å². The molecule has 0 saturated heterocycles. The lowest BCUT2D eigenvalue weighted by atomic mass is 9.92. The molecule has 23 heavy (non-hydrogen) atoms. The summed E-state index contributed by atoms with van der Waals surface area (Å²) in [6, 6.07) is 13.0. The summed E-state index contributed by atoms with van der Waals surface area (Å²) < 4.78 is 11.0. The van der Waals surface area contributed by atoms with E-state index in [2.05, 4.69) is 5.32 Å². The molecule has 1 aromatic carbocycles. The first-order valence-corrected chi connectivity index (χ1v) is 7.60. The molecule has 0 spiro atoms. The van der Waals surface area contributed by atoms with Gasteiger partial charge in [-0.15, -0.1) is 12.4 Å². The van der Waals surface area contributed by atoms with Gasteiger partial charge in [0.05, 0.1) is 0 Å². The van der Waals surface area contributed by atoms with Crippen molar-refractivity contribution in [3.63, 3.8) is 0 Å². The Morgan fingerprint density at radius 1 is 1.09 bits per heavy atom. The molecule has 0 atom stereocenters. The fraction of sp³-hybridized carbons (Fsp3) is 0.353. The third-order valence-corrected chi connectivity index (χ3v) is 3.87. The Labute approximate surface area is 141 Å². The predicted octanol–water partition coefficient (Wildman–Crippen LogP) is 3.49. The number of nitrogens with two attached hydrogens (primary N) is 1. The summed E-state index contributed by atoms with van der Waals surface area (Å²) in [6.45, 7) is 0. The summed E-state index contributed by atoms with van der Waals surface area (Å²) in [5.74, 6) is 1.04. The average Bonchev–Trinajstić information content (AvgIpc) is 2.99. The van der Waals surface area contributed by atoms with Gasteiger partial charge in [-0.05, 0) is 43.9 Å². The zero-order valence-corrected chi connectivity index (χ0v) is 13.6. The number of benzene rings is 1. The number of nitrogens with one attached hydrogen (secondary N) is 1. The second-order valence-corrected chi connectivity index (χ2v) is 5.62. The summed E-state index contributed by atoms with van der Waals surface area (Å²) in [5, 5.41) is 2.99. The van der Waals surface area contributed by atoms with E-state index in [1.165, 1.54) is 0 Å². The summed E-state index contributed by atoms with van der Waals surface area (Å²) in [5.41, 5.74) is 5.87. The SMILES string of the molecule is Cl.NC1CCC(NC(=O)c2ccc(Oc3ccccc3)o2)CC1. The van der Waals surface area contributed by atoms with Crippen molar-refractivity contribution in [2.75, 3.05) is 0 Å². The number of furan rings is 1. The Morgan fingerprint density at radius 2 is 1.78 bits per heavy atom. The first-order valence-electron chi connectivity index (χ1n) is 7.60. The number of halogens is 1. The number of ether oxygens (including phenoxy) is 1. The van der Waals surface area contributed by atoms with Gasteiger partial charge in [-0.2, -0.15) is 0 Å². The number of para-hydroxylation sites is 1. The molecule has 124 valence electrons. The summed E-state index contributed by atoms with van der Waals surface area (Å²) in [6.07, 6.45) is 3.74. The molecule has 1 aliphatic carbocycles. The van der Waals surface area contributed by atoms with Crippen LogP contribution in [0.4, 0.5) is 0 Å². The van der Waals surface area contributed by atoms with Crippen LogP contribution in [0.15, 0.2) is 46.9 Å². The van der Waals surface area contributed by atoms with Crippen LogP contribution in [0.1, 0.15) is 36.2 Å². The molecule has 0 radical (unpaired) electrons. The van der Waals surface area contributed by atoms with E-state index < -0.39 is 0 Å². The van der Waals surface area contributed by atoms with E-state index in [1.54, 1.807) is 12.1 Å². The lowest BCUT2D eigenvalue weighted by molar-refractivity contribution is 0.0892. The number of carbonyl (C=O) groups excluding carboxylic acids is 1. The second kappa shape index (κ2) is 8.04. The molecule has 1 heterocycles. The van der Waals surface area contributed by atoms with Crippen molar-refractivity contribution in [2.45, 2.75) is 37.8 Å². The highest BCUT2D eigenvalue weighted by molar-refractivity contribution is 5.91. The number of amides is 1. The summed E-state index contributed by atoms with van der Waals surface area (Å²) in [4.78, 5) is 12.2. The van der Waals surface area contributed by atoms with Crippen LogP contribution in [-0.4, -0.2) is 18.0 Å². The van der Waals surface area contributed by atoms with Crippen molar-refractivity contribution in [1.82, 2.24) is 5.32 Å². The van der Waals surface area contributed by atoms with E-state index in [0.717, 1.165) is 25.7 Å². The first-order chi connectivity index (χ1) is 10.7. The van der Waals surface area contributed by atoms with E-state index >= 15 is 0 Å². The molecule has 5 nitrogen and oxygen atoms in total. The molecule has 0 unspecified atom stereocenters. The Balaban J connectivity index is 0.00000192. The van der Waals surface area contributed by atoms with Gasteiger partial charge in [0.15, 0.2) is 5.76 Å². The van der Waals surface area contributed by atoms with Crippen LogP contribution < -0.4 is 15.8 Å². The van der Waals surface area contributed by atoms with Gasteiger partial charge in [-0.25, -0.2) is 0 Å². The second-order valence-electron chi connectivity index (χ2n) is 5.62. The van der Waals surface area contributed by atoms with Gasteiger partial charge in [-0.3, -0.25) is 4.79 Å². The molecule has 6 heteroatoms. The Kier molecular flexibility index (Phi) is 6.07. The van der Waals surface area contributed by atoms with Crippen LogP contribution in [0.3, 0.4) is 0 Å². The van der Waals surface area contributed by atoms with E-state index in [4.69, 9.17) is 14.9 Å². The zero-order chi connectivity index (χ0) is 15.4. The maximum atomic E-state index is 12.2. The quantitative estimate of drug-likeness (QED) is 0.895. The minimum absolute atomic E-state index is 0. The standard InChI is InChI=1S/C17H20N2O3.ClH/c18-12-6-8-13(9-7-12)19-17(20)15-10-11-16(22-15)21-14-4-2-1-3-5-14;/h1-5,10-13H,6-9,18H2,(H,19,20);1H. The molecule has 1 aromatic heterocycles. The maximum Gasteiger partial charge on any atom is 0.290 e. The highest BCUT2D eigenvalue weighted by Gasteiger charge is 2.22. The molecule has 3 N–H and O–H groups in total. The van der Waals surface area contributed by atoms with Crippen LogP contribution in [0, 0.1) is 0 Å². The Bertz CT molecular complexity index is 622. The molecule has 0 bridgehead atoms. The van der Waals surface area contributed by atoms with E-state index in [-0.39, 0.29) is 36.2 Å². The summed E-state index contributed by atoms with van der Waals surface area (Å²) >= 11 is 0. The normalized spacial score (nSPS) is 20.4. The van der Waals surface area contributed by atoms with E-state index in [0.29, 0.717) is 11.7 Å². The monoisotopic (exact) mass is 336 g/mol. The summed E-state index contributed by atoms with van der Waals surface area (Å²) in [7, 11) is 0. The fourth-order valence-electron chi connectivity index (χ4n) is 2.62. The minimum Gasteiger partial charge on any atom is -0.426 e. The lowest BCUT2D eigenvalue weighted by Gasteiger charge is -2.26. The van der Waals surface area contributed by atoms with Crippen LogP contribution >= 0.6 is 12.4 Å². The number of rotatable bonds is 4. The molecule has 0 aliphatic heterocycles. The minimum atomic E-state index is -0.205. The van der Waals surface area contributed by atoms with Crippen molar-refractivity contribution < 1.29 is 13.9 Å². The molecular formula is C17H21ClN2O3. The van der Waals surface area contributed by atoms with Gasteiger partial charge < -0.3 is 20.2 Å². The van der Waals surface area contributed by atoms with Crippen LogP contribution in [0.2, 0.25) is 0 Å². The molecule has 1 amide bonds. The Hall–Kier alpha value is -1.98. The van der Waals surface area contributed by atoms with Gasteiger partial charge in [-0.1, -0.05) is 18.2 Å². The maximum absolute atomic E-state index is 12.2. The largest absolute Gasteiger partial charge is 0.426 e. The van der Waals surface area contributed by atoms with Gasteiger partial charge in [0.1, 0.15) is 5.75 Å². The highest BCUT2D eigenvalue weighted by Crippen LogP contribution is 2.24. The molecule has 2 aromatic rings. The van der Waals surface area contributed by atoms with Crippen molar-refractivity contribution in [3.8, 4) is 11.7 Å². The zero-order valence-electron chi connectivity index (χ0n) is 12.7. The smallest absolute Gasteiger partial charge is 0.290 e. The van der Waals surface area contributed by atoms with Crippen molar-refractivity contribution in [2.24, 2.45) is 5.73 Å². The van der Waals surface area contributed by atoms with Gasteiger partial charge in [0.2, 0.25) is 0 Å². The highest BCUT2D eigenvalue weighted by atomic mass is 35.5. The third kappa shape index (κ3) is 4.74. The van der Waals surface area contributed by atoms with Crippen molar-refractivity contribution >= 4 is 18.3 Å². The first kappa shape index (κ1) is 17.4. The number of hydrogen-bond donors (Lipinski definition) is 2. The number of carbonyl (C=O) groups is 1. The van der Waals surface area contributed by atoms with Crippen molar-refractivity contribution in [1.29, 1.82) is 0 Å². The van der Waals surface area contributed by atoms with Crippen LogP contribution in [0.25, 0.3) is 0 Å².